The summed E-state index contributed by atoms with van der Waals surface area (Å²) >= 11 is 0. The van der Waals surface area contributed by atoms with Crippen molar-refractivity contribution in [3.05, 3.63) is 59.0 Å². The zero-order valence-electron chi connectivity index (χ0n) is 20.7. The fourth-order valence-corrected chi connectivity index (χ4v) is 5.75. The van der Waals surface area contributed by atoms with E-state index >= 15 is 0 Å². The molecule has 0 atom stereocenters. The number of carbonyl (C=O) groups is 1. The van der Waals surface area contributed by atoms with Gasteiger partial charge in [0, 0.05) is 43.5 Å². The average Bonchev–Trinajstić information content (AvgIpc) is 3.43. The summed E-state index contributed by atoms with van der Waals surface area (Å²) < 4.78 is 17.0. The Balaban J connectivity index is 0.00000280. The highest BCUT2D eigenvalue weighted by Crippen LogP contribution is 2.33. The SMILES string of the molecule is Cl.O=C1CCCN1C1CCC(Nc2nccc(-c3cn(C4CCC4)c(=O)n3-c3ccc(F)cc3)n2)CC1. The molecular weight excluding hydrogens is 495 g/mol. The maximum absolute atomic E-state index is 13.6. The second kappa shape index (κ2) is 10.7. The molecule has 1 saturated heterocycles. The molecule has 1 aliphatic heterocycles. The molecule has 1 N–H and O–H groups in total. The van der Waals surface area contributed by atoms with Gasteiger partial charge < -0.3 is 10.2 Å². The second-order valence-electron chi connectivity index (χ2n) is 10.2. The van der Waals surface area contributed by atoms with Crippen molar-refractivity contribution in [3.8, 4) is 17.1 Å². The van der Waals surface area contributed by atoms with Gasteiger partial charge in [-0.25, -0.2) is 19.2 Å². The van der Waals surface area contributed by atoms with Crippen LogP contribution in [0.15, 0.2) is 47.5 Å². The van der Waals surface area contributed by atoms with E-state index in [9.17, 15) is 14.0 Å². The molecule has 2 aliphatic carbocycles. The molecule has 3 aromatic rings. The molecular formula is C27H32ClFN6O2. The van der Waals surface area contributed by atoms with Crippen LogP contribution in [0.4, 0.5) is 10.3 Å². The van der Waals surface area contributed by atoms with E-state index in [0.717, 1.165) is 57.9 Å². The van der Waals surface area contributed by atoms with Crippen LogP contribution in [-0.4, -0.2) is 48.5 Å². The number of likely N-dealkylation sites (tertiary alicyclic amines) is 1. The number of benzene rings is 1. The quantitative estimate of drug-likeness (QED) is 0.502. The van der Waals surface area contributed by atoms with Crippen molar-refractivity contribution >= 4 is 24.3 Å². The first-order valence-corrected chi connectivity index (χ1v) is 13.1. The molecule has 0 spiro atoms. The van der Waals surface area contributed by atoms with Gasteiger partial charge in [0.25, 0.3) is 0 Å². The number of anilines is 1. The second-order valence-corrected chi connectivity index (χ2v) is 10.2. The predicted molar refractivity (Wildman–Crippen MR) is 142 cm³/mol. The number of amides is 1. The predicted octanol–water partition coefficient (Wildman–Crippen LogP) is 4.73. The highest BCUT2D eigenvalue weighted by Gasteiger charge is 2.31. The number of nitrogens with zero attached hydrogens (tertiary/aromatic N) is 5. The summed E-state index contributed by atoms with van der Waals surface area (Å²) in [4.78, 5) is 36.8. The van der Waals surface area contributed by atoms with Gasteiger partial charge in [0.1, 0.15) is 5.82 Å². The van der Waals surface area contributed by atoms with E-state index in [1.165, 1.54) is 12.1 Å². The van der Waals surface area contributed by atoms with E-state index < -0.39 is 0 Å². The topological polar surface area (TPSA) is 85.0 Å². The van der Waals surface area contributed by atoms with Crippen LogP contribution in [0.2, 0.25) is 0 Å². The molecule has 10 heteroatoms. The Morgan fingerprint density at radius 1 is 0.919 bits per heavy atom. The third-order valence-electron chi connectivity index (χ3n) is 7.97. The van der Waals surface area contributed by atoms with Crippen molar-refractivity contribution < 1.29 is 9.18 Å². The highest BCUT2D eigenvalue weighted by atomic mass is 35.5. The molecule has 3 aliphatic rings. The van der Waals surface area contributed by atoms with Crippen LogP contribution in [0, 0.1) is 5.82 Å². The maximum atomic E-state index is 13.6. The largest absolute Gasteiger partial charge is 0.351 e. The van der Waals surface area contributed by atoms with E-state index in [1.807, 2.05) is 6.20 Å². The Morgan fingerprint density at radius 3 is 2.32 bits per heavy atom. The van der Waals surface area contributed by atoms with Gasteiger partial charge in [-0.15, -0.1) is 12.4 Å². The van der Waals surface area contributed by atoms with Gasteiger partial charge in [0.15, 0.2) is 0 Å². The van der Waals surface area contributed by atoms with E-state index in [1.54, 1.807) is 33.5 Å². The third-order valence-corrected chi connectivity index (χ3v) is 7.97. The average molecular weight is 527 g/mol. The molecule has 0 radical (unpaired) electrons. The van der Waals surface area contributed by atoms with E-state index in [0.29, 0.717) is 41.4 Å². The van der Waals surface area contributed by atoms with Gasteiger partial charge in [-0.05, 0) is 81.7 Å². The summed E-state index contributed by atoms with van der Waals surface area (Å²) in [5.74, 6) is 0.482. The summed E-state index contributed by atoms with van der Waals surface area (Å²) in [6.07, 6.45) is 12.2. The molecule has 8 nitrogen and oxygen atoms in total. The van der Waals surface area contributed by atoms with Crippen LogP contribution in [0.5, 0.6) is 0 Å². The standard InChI is InChI=1S/C27H31FN6O2.ClH/c28-18-6-10-22(11-7-18)34-24(17-33(27(34)36)20-3-1-4-20)23-14-15-29-26(31-23)30-19-8-12-21(13-9-19)32-16-2-5-25(32)35;/h6-7,10-11,14-15,17,19-21H,1-5,8-9,12-13,16H2,(H,29,30,31);1H. The van der Waals surface area contributed by atoms with Crippen molar-refractivity contribution in [2.45, 2.75) is 75.9 Å². The summed E-state index contributed by atoms with van der Waals surface area (Å²) in [6.45, 7) is 0.892. The lowest BCUT2D eigenvalue weighted by atomic mass is 9.90. The first kappa shape index (κ1) is 25.4. The summed E-state index contributed by atoms with van der Waals surface area (Å²) in [6, 6.07) is 8.56. The van der Waals surface area contributed by atoms with Crippen LogP contribution in [0.25, 0.3) is 17.1 Å². The number of rotatable bonds is 6. The van der Waals surface area contributed by atoms with Gasteiger partial charge in [0.2, 0.25) is 11.9 Å². The molecule has 2 aromatic heterocycles. The van der Waals surface area contributed by atoms with E-state index in [2.05, 4.69) is 15.2 Å². The van der Waals surface area contributed by atoms with Crippen LogP contribution in [0.3, 0.4) is 0 Å². The summed E-state index contributed by atoms with van der Waals surface area (Å²) in [7, 11) is 0. The number of carbonyl (C=O) groups excluding carboxylic acids is 1. The van der Waals surface area contributed by atoms with Crippen molar-refractivity contribution in [3.63, 3.8) is 0 Å². The first-order valence-electron chi connectivity index (χ1n) is 13.1. The maximum Gasteiger partial charge on any atom is 0.333 e. The molecule has 3 heterocycles. The minimum atomic E-state index is -0.343. The zero-order chi connectivity index (χ0) is 24.6. The van der Waals surface area contributed by atoms with Crippen LogP contribution in [-0.2, 0) is 4.79 Å². The van der Waals surface area contributed by atoms with Gasteiger partial charge in [0.05, 0.1) is 17.1 Å². The third kappa shape index (κ3) is 5.01. The van der Waals surface area contributed by atoms with Crippen molar-refractivity contribution in [2.24, 2.45) is 0 Å². The van der Waals surface area contributed by atoms with E-state index in [-0.39, 0.29) is 36.0 Å². The van der Waals surface area contributed by atoms with E-state index in [4.69, 9.17) is 4.98 Å². The number of halogens is 2. The van der Waals surface area contributed by atoms with Gasteiger partial charge in [-0.2, -0.15) is 0 Å². The zero-order valence-corrected chi connectivity index (χ0v) is 21.5. The van der Waals surface area contributed by atoms with Crippen molar-refractivity contribution in [1.82, 2.24) is 24.0 Å². The Morgan fingerprint density at radius 2 is 1.68 bits per heavy atom. The van der Waals surface area contributed by atoms with Crippen LogP contribution in [0.1, 0.15) is 63.8 Å². The summed E-state index contributed by atoms with van der Waals surface area (Å²) in [5.41, 5.74) is 1.78. The van der Waals surface area contributed by atoms with Gasteiger partial charge in [-0.3, -0.25) is 13.9 Å². The molecule has 0 unspecified atom stereocenters. The molecule has 3 fully saturated rings. The summed E-state index contributed by atoms with van der Waals surface area (Å²) in [5, 5.41) is 3.48. The molecule has 6 rings (SSSR count). The number of nitrogens with one attached hydrogen (secondary N) is 1. The lowest BCUT2D eigenvalue weighted by molar-refractivity contribution is -0.130. The van der Waals surface area contributed by atoms with Gasteiger partial charge in [-0.1, -0.05) is 0 Å². The minimum Gasteiger partial charge on any atom is -0.351 e. The highest BCUT2D eigenvalue weighted by molar-refractivity contribution is 5.85. The molecule has 0 bridgehead atoms. The number of imidazole rings is 1. The Kier molecular flexibility index (Phi) is 7.33. The molecule has 1 aromatic carbocycles. The van der Waals surface area contributed by atoms with Crippen LogP contribution >= 0.6 is 12.4 Å². The van der Waals surface area contributed by atoms with Crippen LogP contribution < -0.4 is 11.0 Å². The number of hydrogen-bond donors (Lipinski definition) is 1. The Bertz CT molecular complexity index is 1310. The fraction of sp³-hybridized carbons (Fsp3) is 0.481. The lowest BCUT2D eigenvalue weighted by Crippen LogP contribution is -2.41. The Labute approximate surface area is 221 Å². The molecule has 1 amide bonds. The smallest absolute Gasteiger partial charge is 0.333 e. The van der Waals surface area contributed by atoms with Crippen molar-refractivity contribution in [2.75, 3.05) is 11.9 Å². The monoisotopic (exact) mass is 526 g/mol. The van der Waals surface area contributed by atoms with Gasteiger partial charge >= 0.3 is 5.69 Å². The lowest BCUT2D eigenvalue weighted by Gasteiger charge is -2.34. The fourth-order valence-electron chi connectivity index (χ4n) is 5.75. The number of aromatic nitrogens is 4. The molecule has 2 saturated carbocycles. The molecule has 37 heavy (non-hydrogen) atoms. The normalized spacial score (nSPS) is 22.0. The number of hydrogen-bond acceptors (Lipinski definition) is 5. The minimum absolute atomic E-state index is 0. The molecule has 196 valence electrons. The first-order chi connectivity index (χ1) is 17.6. The van der Waals surface area contributed by atoms with Crippen molar-refractivity contribution in [1.29, 1.82) is 0 Å². The Hall–Kier alpha value is -3.20.